The third-order valence-electron chi connectivity index (χ3n) is 1.80. The van der Waals surface area contributed by atoms with Crippen LogP contribution in [-0.2, 0) is 0 Å². The quantitative estimate of drug-likeness (QED) is 0.463. The molecule has 0 amide bonds. The van der Waals surface area contributed by atoms with Crippen LogP contribution in [0.5, 0.6) is 5.75 Å². The molecule has 1 rings (SSSR count). The minimum Gasteiger partial charge on any atom is -0.497 e. The first-order chi connectivity index (χ1) is 6.69. The first-order valence-corrected chi connectivity index (χ1v) is 6.31. The van der Waals surface area contributed by atoms with Gasteiger partial charge in [0.05, 0.1) is 7.11 Å². The SMILES string of the molecule is COc1ccc(C(=O)CCBr)c(I)c1. The molecule has 0 aliphatic carbocycles. The van der Waals surface area contributed by atoms with Gasteiger partial charge in [0, 0.05) is 20.9 Å². The van der Waals surface area contributed by atoms with Gasteiger partial charge in [0.25, 0.3) is 0 Å². The van der Waals surface area contributed by atoms with Gasteiger partial charge in [-0.2, -0.15) is 0 Å². The van der Waals surface area contributed by atoms with E-state index in [4.69, 9.17) is 4.74 Å². The summed E-state index contributed by atoms with van der Waals surface area (Å²) in [5.41, 5.74) is 0.769. The standard InChI is InChI=1S/C10H10BrIO2/c1-14-7-2-3-8(9(12)6-7)10(13)4-5-11/h2-3,6H,4-5H2,1H3. The third kappa shape index (κ3) is 2.95. The van der Waals surface area contributed by atoms with Crippen LogP contribution < -0.4 is 4.74 Å². The molecule has 0 atom stereocenters. The fraction of sp³-hybridized carbons (Fsp3) is 0.300. The topological polar surface area (TPSA) is 26.3 Å². The van der Waals surface area contributed by atoms with E-state index in [1.807, 2.05) is 18.2 Å². The van der Waals surface area contributed by atoms with E-state index in [0.29, 0.717) is 11.8 Å². The molecule has 2 nitrogen and oxygen atoms in total. The largest absolute Gasteiger partial charge is 0.497 e. The zero-order valence-corrected chi connectivity index (χ0v) is 11.5. The van der Waals surface area contributed by atoms with E-state index in [-0.39, 0.29) is 5.78 Å². The van der Waals surface area contributed by atoms with Gasteiger partial charge in [-0.3, -0.25) is 4.79 Å². The van der Waals surface area contributed by atoms with Crippen LogP contribution in [0, 0.1) is 3.57 Å². The van der Waals surface area contributed by atoms with Crippen molar-refractivity contribution in [1.29, 1.82) is 0 Å². The van der Waals surface area contributed by atoms with Gasteiger partial charge in [-0.1, -0.05) is 15.9 Å². The van der Waals surface area contributed by atoms with Gasteiger partial charge in [-0.15, -0.1) is 0 Å². The van der Waals surface area contributed by atoms with Crippen molar-refractivity contribution in [3.05, 3.63) is 27.3 Å². The predicted molar refractivity (Wildman–Crippen MR) is 68.5 cm³/mol. The molecule has 76 valence electrons. The Bertz CT molecular complexity index is 339. The van der Waals surface area contributed by atoms with Crippen LogP contribution >= 0.6 is 38.5 Å². The number of rotatable bonds is 4. The van der Waals surface area contributed by atoms with Crippen molar-refractivity contribution >= 4 is 44.3 Å². The number of hydrogen-bond donors (Lipinski definition) is 0. The number of methoxy groups -OCH3 is 1. The molecule has 0 spiro atoms. The number of ether oxygens (including phenoxy) is 1. The van der Waals surface area contributed by atoms with Crippen molar-refractivity contribution in [2.45, 2.75) is 6.42 Å². The number of carbonyl (C=O) groups is 1. The average molecular weight is 369 g/mol. The highest BCUT2D eigenvalue weighted by molar-refractivity contribution is 14.1. The summed E-state index contributed by atoms with van der Waals surface area (Å²) in [7, 11) is 1.62. The van der Waals surface area contributed by atoms with Gasteiger partial charge in [-0.05, 0) is 40.8 Å². The lowest BCUT2D eigenvalue weighted by Crippen LogP contribution is -2.02. The molecule has 0 aliphatic rings. The molecule has 0 saturated heterocycles. The van der Waals surface area contributed by atoms with Crippen molar-refractivity contribution in [1.82, 2.24) is 0 Å². The Hall–Kier alpha value is -0.100. The second-order valence-corrected chi connectivity index (χ2v) is 4.66. The van der Waals surface area contributed by atoms with Crippen LogP contribution in [0.15, 0.2) is 18.2 Å². The fourth-order valence-electron chi connectivity index (χ4n) is 1.07. The zero-order chi connectivity index (χ0) is 10.6. The number of Topliss-reactive ketones (excluding diaryl/α,β-unsaturated/α-hetero) is 1. The Morgan fingerprint density at radius 3 is 2.79 bits per heavy atom. The fourth-order valence-corrected chi connectivity index (χ4v) is 2.22. The Balaban J connectivity index is 2.94. The molecule has 4 heteroatoms. The molecule has 0 fully saturated rings. The lowest BCUT2D eigenvalue weighted by molar-refractivity contribution is 0.0989. The summed E-state index contributed by atoms with van der Waals surface area (Å²) in [6, 6.07) is 5.48. The van der Waals surface area contributed by atoms with E-state index >= 15 is 0 Å². The monoisotopic (exact) mass is 368 g/mol. The van der Waals surface area contributed by atoms with E-state index < -0.39 is 0 Å². The Labute approximate surface area is 105 Å². The van der Waals surface area contributed by atoms with Crippen LogP contribution in [-0.4, -0.2) is 18.2 Å². The van der Waals surface area contributed by atoms with Crippen LogP contribution in [0.3, 0.4) is 0 Å². The third-order valence-corrected chi connectivity index (χ3v) is 3.09. The highest BCUT2D eigenvalue weighted by Crippen LogP contribution is 2.20. The van der Waals surface area contributed by atoms with E-state index in [2.05, 4.69) is 38.5 Å². The average Bonchev–Trinajstić information content (AvgIpc) is 2.17. The molecule has 0 aromatic heterocycles. The van der Waals surface area contributed by atoms with Gasteiger partial charge in [0.2, 0.25) is 0 Å². The lowest BCUT2D eigenvalue weighted by atomic mass is 10.1. The van der Waals surface area contributed by atoms with Crippen molar-refractivity contribution in [3.8, 4) is 5.75 Å². The normalized spacial score (nSPS) is 9.93. The van der Waals surface area contributed by atoms with Gasteiger partial charge in [-0.25, -0.2) is 0 Å². The van der Waals surface area contributed by atoms with Gasteiger partial charge in [0.1, 0.15) is 5.75 Å². The van der Waals surface area contributed by atoms with Crippen LogP contribution in [0.1, 0.15) is 16.8 Å². The Kier molecular flexibility index (Phi) is 4.88. The molecular formula is C10H10BrIO2. The summed E-state index contributed by atoms with van der Waals surface area (Å²) in [5.74, 6) is 0.943. The summed E-state index contributed by atoms with van der Waals surface area (Å²) in [6.45, 7) is 0. The molecule has 1 aromatic rings. The molecular weight excluding hydrogens is 359 g/mol. The minimum atomic E-state index is 0.161. The highest BCUT2D eigenvalue weighted by Gasteiger charge is 2.09. The molecule has 0 N–H and O–H groups in total. The number of benzene rings is 1. The van der Waals surface area contributed by atoms with Crippen molar-refractivity contribution in [3.63, 3.8) is 0 Å². The predicted octanol–water partition coefficient (Wildman–Crippen LogP) is 3.27. The summed E-state index contributed by atoms with van der Waals surface area (Å²) >= 11 is 5.40. The second kappa shape index (κ2) is 5.70. The number of halogens is 2. The van der Waals surface area contributed by atoms with E-state index in [1.54, 1.807) is 7.11 Å². The summed E-state index contributed by atoms with van der Waals surface area (Å²) in [4.78, 5) is 11.6. The number of ketones is 1. The van der Waals surface area contributed by atoms with Crippen molar-refractivity contribution < 1.29 is 9.53 Å². The number of alkyl halides is 1. The molecule has 0 saturated carbocycles. The molecule has 0 heterocycles. The Morgan fingerprint density at radius 1 is 1.57 bits per heavy atom. The summed E-state index contributed by atoms with van der Waals surface area (Å²) in [5, 5.41) is 0.702. The van der Waals surface area contributed by atoms with Crippen LogP contribution in [0.25, 0.3) is 0 Å². The Morgan fingerprint density at radius 2 is 2.29 bits per heavy atom. The molecule has 0 bridgehead atoms. The first-order valence-electron chi connectivity index (χ1n) is 4.11. The molecule has 1 aromatic carbocycles. The summed E-state index contributed by atoms with van der Waals surface area (Å²) < 4.78 is 6.00. The van der Waals surface area contributed by atoms with Gasteiger partial charge in [0.15, 0.2) is 5.78 Å². The second-order valence-electron chi connectivity index (χ2n) is 2.71. The van der Waals surface area contributed by atoms with Crippen LogP contribution in [0.4, 0.5) is 0 Å². The highest BCUT2D eigenvalue weighted by atomic mass is 127. The molecule has 14 heavy (non-hydrogen) atoms. The van der Waals surface area contributed by atoms with E-state index in [0.717, 1.165) is 14.9 Å². The lowest BCUT2D eigenvalue weighted by Gasteiger charge is -2.04. The maximum atomic E-state index is 11.6. The van der Waals surface area contributed by atoms with E-state index in [1.165, 1.54) is 0 Å². The van der Waals surface area contributed by atoms with Crippen LogP contribution in [0.2, 0.25) is 0 Å². The molecule has 0 aliphatic heterocycles. The summed E-state index contributed by atoms with van der Waals surface area (Å²) in [6.07, 6.45) is 0.530. The number of carbonyl (C=O) groups excluding carboxylic acids is 1. The zero-order valence-electron chi connectivity index (χ0n) is 7.72. The maximum absolute atomic E-state index is 11.6. The van der Waals surface area contributed by atoms with E-state index in [9.17, 15) is 4.79 Å². The minimum absolute atomic E-state index is 0.161. The van der Waals surface area contributed by atoms with Gasteiger partial charge >= 0.3 is 0 Å². The molecule has 0 radical (unpaired) electrons. The van der Waals surface area contributed by atoms with Crippen molar-refractivity contribution in [2.24, 2.45) is 0 Å². The van der Waals surface area contributed by atoms with Crippen molar-refractivity contribution in [2.75, 3.05) is 12.4 Å². The molecule has 0 unspecified atom stereocenters. The number of hydrogen-bond acceptors (Lipinski definition) is 2. The first kappa shape index (κ1) is 12.0. The maximum Gasteiger partial charge on any atom is 0.164 e. The smallest absolute Gasteiger partial charge is 0.164 e. The van der Waals surface area contributed by atoms with Gasteiger partial charge < -0.3 is 4.74 Å².